The van der Waals surface area contributed by atoms with E-state index < -0.39 is 25.1 Å². The number of sulfone groups is 1. The van der Waals surface area contributed by atoms with Crippen molar-refractivity contribution in [2.75, 3.05) is 25.1 Å². The highest BCUT2D eigenvalue weighted by molar-refractivity contribution is 7.90. The van der Waals surface area contributed by atoms with E-state index in [-0.39, 0.29) is 17.6 Å². The minimum atomic E-state index is -3.53. The maximum absolute atomic E-state index is 12.5. The average molecular weight is 399 g/mol. The molecule has 1 fully saturated rings. The molecule has 2 aromatic rings. The zero-order valence-electron chi connectivity index (χ0n) is 14.4. The van der Waals surface area contributed by atoms with Crippen LogP contribution in [0.5, 0.6) is 0 Å². The van der Waals surface area contributed by atoms with E-state index in [2.05, 4.69) is 10.2 Å². The van der Waals surface area contributed by atoms with Gasteiger partial charge in [0.2, 0.25) is 25.8 Å². The van der Waals surface area contributed by atoms with Gasteiger partial charge in [-0.1, -0.05) is 35.4 Å². The van der Waals surface area contributed by atoms with Gasteiger partial charge in [-0.15, -0.1) is 5.10 Å². The van der Waals surface area contributed by atoms with Gasteiger partial charge in [0.15, 0.2) is 0 Å². The van der Waals surface area contributed by atoms with Gasteiger partial charge in [-0.2, -0.15) is 0 Å². The van der Waals surface area contributed by atoms with Gasteiger partial charge in [-0.3, -0.25) is 0 Å². The Morgan fingerprint density at radius 2 is 1.73 bits per heavy atom. The predicted molar refractivity (Wildman–Crippen MR) is 94.9 cm³/mol. The summed E-state index contributed by atoms with van der Waals surface area (Å²) >= 11 is 0. The first-order valence-corrected chi connectivity index (χ1v) is 11.8. The lowest BCUT2D eigenvalue weighted by Gasteiger charge is -2.29. The number of hydrogen-bond donors (Lipinski definition) is 0. The highest BCUT2D eigenvalue weighted by atomic mass is 32.2. The minimum Gasteiger partial charge on any atom is -0.412 e. The first-order valence-electron chi connectivity index (χ1n) is 8.31. The number of aryl methyl sites for hydroxylation is 1. The summed E-state index contributed by atoms with van der Waals surface area (Å²) in [6.45, 7) is 0.719. The molecule has 0 saturated carbocycles. The normalized spacial score (nSPS) is 17.4. The predicted octanol–water partition coefficient (Wildman–Crippen LogP) is 1.22. The Morgan fingerprint density at radius 1 is 1.08 bits per heavy atom. The second-order valence-electron chi connectivity index (χ2n) is 6.40. The van der Waals surface area contributed by atoms with Crippen LogP contribution >= 0.6 is 0 Å². The fourth-order valence-electron chi connectivity index (χ4n) is 2.94. The number of sulfonamides is 1. The van der Waals surface area contributed by atoms with Gasteiger partial charge in [0.25, 0.3) is 0 Å². The summed E-state index contributed by atoms with van der Waals surface area (Å²) in [7, 11) is -6.87. The van der Waals surface area contributed by atoms with E-state index in [1.165, 1.54) is 4.31 Å². The highest BCUT2D eigenvalue weighted by Crippen LogP contribution is 2.29. The fourth-order valence-corrected chi connectivity index (χ4v) is 4.88. The fraction of sp³-hybridized carbons (Fsp3) is 0.500. The van der Waals surface area contributed by atoms with Crippen molar-refractivity contribution in [2.45, 2.75) is 30.4 Å². The van der Waals surface area contributed by atoms with Crippen molar-refractivity contribution >= 4 is 19.9 Å². The second-order valence-corrected chi connectivity index (χ2v) is 10.4. The van der Waals surface area contributed by atoms with Crippen LogP contribution in [0, 0.1) is 0 Å². The smallest absolute Gasteiger partial charge is 0.335 e. The van der Waals surface area contributed by atoms with Crippen molar-refractivity contribution in [3.8, 4) is 0 Å². The molecule has 1 aromatic carbocycles. The van der Waals surface area contributed by atoms with Crippen LogP contribution in [0.4, 0.5) is 0 Å². The van der Waals surface area contributed by atoms with Gasteiger partial charge in [-0.25, -0.2) is 21.1 Å². The van der Waals surface area contributed by atoms with Crippen molar-refractivity contribution in [1.82, 2.24) is 14.5 Å². The maximum Gasteiger partial charge on any atom is 0.335 e. The molecule has 0 N–H and O–H groups in total. The zero-order chi connectivity index (χ0) is 18.8. The SMILES string of the molecule is CS(=O)(=O)c1nnc(C2CCN(S(=O)(=O)CCc3ccccc3)CC2)o1. The van der Waals surface area contributed by atoms with Gasteiger partial charge < -0.3 is 4.42 Å². The molecule has 1 aliphatic rings. The summed E-state index contributed by atoms with van der Waals surface area (Å²) in [5.41, 5.74) is 0.991. The molecule has 10 heteroatoms. The number of hydrogen-bond acceptors (Lipinski definition) is 7. The molecule has 0 amide bonds. The molecular formula is C16H21N3O5S2. The monoisotopic (exact) mass is 399 g/mol. The van der Waals surface area contributed by atoms with Crippen LogP contribution in [0.25, 0.3) is 0 Å². The van der Waals surface area contributed by atoms with Gasteiger partial charge in [0.05, 0.1) is 5.75 Å². The van der Waals surface area contributed by atoms with Crippen LogP contribution < -0.4 is 0 Å². The van der Waals surface area contributed by atoms with E-state index in [1.54, 1.807) is 0 Å². The summed E-state index contributed by atoms with van der Waals surface area (Å²) < 4.78 is 54.6. The Hall–Kier alpha value is -1.78. The Bertz CT molecular complexity index is 947. The number of piperidine rings is 1. The molecular weight excluding hydrogens is 378 g/mol. The molecule has 8 nitrogen and oxygen atoms in total. The maximum atomic E-state index is 12.5. The topological polar surface area (TPSA) is 110 Å². The molecule has 3 rings (SSSR count). The molecule has 0 atom stereocenters. The summed E-state index contributed by atoms with van der Waals surface area (Å²) in [6.07, 6.45) is 2.53. The number of nitrogens with zero attached hydrogens (tertiary/aromatic N) is 3. The van der Waals surface area contributed by atoms with E-state index in [9.17, 15) is 16.8 Å². The second kappa shape index (κ2) is 7.45. The summed E-state index contributed by atoms with van der Waals surface area (Å²) in [5, 5.41) is 6.96. The van der Waals surface area contributed by atoms with Crippen molar-refractivity contribution < 1.29 is 21.3 Å². The van der Waals surface area contributed by atoms with Crippen LogP contribution in [0.15, 0.2) is 40.0 Å². The molecule has 1 aliphatic heterocycles. The zero-order valence-corrected chi connectivity index (χ0v) is 16.0. The lowest BCUT2D eigenvalue weighted by atomic mass is 9.98. The first-order chi connectivity index (χ1) is 12.3. The molecule has 0 spiro atoms. The molecule has 1 saturated heterocycles. The quantitative estimate of drug-likeness (QED) is 0.718. The third-order valence-electron chi connectivity index (χ3n) is 4.43. The van der Waals surface area contributed by atoms with Gasteiger partial charge >= 0.3 is 5.22 Å². The largest absolute Gasteiger partial charge is 0.412 e. The lowest BCUT2D eigenvalue weighted by molar-refractivity contribution is 0.278. The Kier molecular flexibility index (Phi) is 5.44. The number of rotatable bonds is 6. The van der Waals surface area contributed by atoms with Crippen LogP contribution in [-0.2, 0) is 26.3 Å². The molecule has 0 unspecified atom stereocenters. The van der Waals surface area contributed by atoms with Crippen molar-refractivity contribution in [3.63, 3.8) is 0 Å². The third-order valence-corrected chi connectivity index (χ3v) is 7.10. The molecule has 26 heavy (non-hydrogen) atoms. The van der Waals surface area contributed by atoms with Gasteiger partial charge in [0.1, 0.15) is 0 Å². The van der Waals surface area contributed by atoms with Gasteiger partial charge in [-0.05, 0) is 24.8 Å². The highest BCUT2D eigenvalue weighted by Gasteiger charge is 2.31. The molecule has 0 radical (unpaired) electrons. The molecule has 142 valence electrons. The Labute approximate surface area is 153 Å². The molecule has 0 aliphatic carbocycles. The van der Waals surface area contributed by atoms with Crippen molar-refractivity contribution in [2.24, 2.45) is 0 Å². The van der Waals surface area contributed by atoms with Crippen LogP contribution in [-0.4, -0.2) is 56.4 Å². The van der Waals surface area contributed by atoms with E-state index in [1.807, 2.05) is 30.3 Å². The van der Waals surface area contributed by atoms with Gasteiger partial charge in [0, 0.05) is 25.3 Å². The lowest BCUT2D eigenvalue weighted by Crippen LogP contribution is -2.39. The Morgan fingerprint density at radius 3 is 2.31 bits per heavy atom. The minimum absolute atomic E-state index is 0.0699. The molecule has 2 heterocycles. The van der Waals surface area contributed by atoms with Crippen molar-refractivity contribution in [1.29, 1.82) is 0 Å². The summed E-state index contributed by atoms with van der Waals surface area (Å²) in [6, 6.07) is 9.51. The summed E-state index contributed by atoms with van der Waals surface area (Å²) in [5.74, 6) is 0.200. The van der Waals surface area contributed by atoms with E-state index >= 15 is 0 Å². The number of benzene rings is 1. The number of aromatic nitrogens is 2. The van der Waals surface area contributed by atoms with E-state index in [0.29, 0.717) is 32.4 Å². The van der Waals surface area contributed by atoms with E-state index in [0.717, 1.165) is 11.8 Å². The van der Waals surface area contributed by atoms with Crippen LogP contribution in [0.2, 0.25) is 0 Å². The van der Waals surface area contributed by atoms with Crippen LogP contribution in [0.3, 0.4) is 0 Å². The molecule has 1 aromatic heterocycles. The average Bonchev–Trinajstić information content (AvgIpc) is 3.12. The standard InChI is InChI=1S/C16H21N3O5S2/c1-25(20,21)16-18-17-15(24-16)14-7-10-19(11-8-14)26(22,23)12-9-13-5-3-2-4-6-13/h2-6,14H,7-12H2,1H3. The summed E-state index contributed by atoms with van der Waals surface area (Å²) in [4.78, 5) is 0. The van der Waals surface area contributed by atoms with Crippen molar-refractivity contribution in [3.05, 3.63) is 41.8 Å². The van der Waals surface area contributed by atoms with Crippen LogP contribution in [0.1, 0.15) is 30.2 Å². The molecule has 0 bridgehead atoms. The van der Waals surface area contributed by atoms with E-state index in [4.69, 9.17) is 4.42 Å². The third kappa shape index (κ3) is 4.49. The first kappa shape index (κ1) is 19.0. The Balaban J connectivity index is 1.58.